The summed E-state index contributed by atoms with van der Waals surface area (Å²) in [6.07, 6.45) is 3.44. The monoisotopic (exact) mass is 320 g/mol. The van der Waals surface area contributed by atoms with E-state index in [4.69, 9.17) is 0 Å². The number of rotatable bonds is 3. The molecule has 0 saturated carbocycles. The van der Waals surface area contributed by atoms with Crippen LogP contribution in [0, 0.1) is 0 Å². The van der Waals surface area contributed by atoms with Gasteiger partial charge in [-0.25, -0.2) is 9.97 Å². The number of nitrogens with zero attached hydrogens (tertiary/aromatic N) is 4. The first-order valence-corrected chi connectivity index (χ1v) is 7.91. The van der Waals surface area contributed by atoms with Gasteiger partial charge < -0.3 is 9.80 Å². The lowest BCUT2D eigenvalue weighted by atomic mass is 9.97. The van der Waals surface area contributed by atoms with Crippen molar-refractivity contribution >= 4 is 11.6 Å². The van der Waals surface area contributed by atoms with Gasteiger partial charge in [0.15, 0.2) is 0 Å². The van der Waals surface area contributed by atoms with Gasteiger partial charge in [0.1, 0.15) is 5.69 Å². The van der Waals surface area contributed by atoms with Crippen molar-refractivity contribution in [1.29, 1.82) is 0 Å². The predicted octanol–water partition coefficient (Wildman–Crippen LogP) is 1.07. The van der Waals surface area contributed by atoms with Crippen LogP contribution in [0.25, 0.3) is 11.1 Å². The summed E-state index contributed by atoms with van der Waals surface area (Å²) >= 11 is 0. The minimum absolute atomic E-state index is 0.377. The van der Waals surface area contributed by atoms with E-state index in [9.17, 15) is 9.59 Å². The van der Waals surface area contributed by atoms with E-state index in [2.05, 4.69) is 14.9 Å². The number of aromatic nitrogens is 2. The Morgan fingerprint density at radius 1 is 0.750 bits per heavy atom. The molecule has 0 aliphatic carbocycles. The molecule has 4 rings (SSSR count). The zero-order valence-electron chi connectivity index (χ0n) is 13.1. The van der Waals surface area contributed by atoms with E-state index < -0.39 is 0 Å². The molecule has 6 heteroatoms. The smallest absolute Gasteiger partial charge is 0.250 e. The van der Waals surface area contributed by atoms with Gasteiger partial charge in [0.05, 0.1) is 5.56 Å². The molecule has 1 aliphatic heterocycles. The van der Waals surface area contributed by atoms with E-state index >= 15 is 0 Å². The summed E-state index contributed by atoms with van der Waals surface area (Å²) < 4.78 is 0. The Labute approximate surface area is 138 Å². The zero-order chi connectivity index (χ0) is 16.5. The molecule has 0 atom stereocenters. The fourth-order valence-corrected chi connectivity index (χ4v) is 3.14. The number of benzene rings is 1. The first-order chi connectivity index (χ1) is 11.8. The average molecular weight is 320 g/mol. The number of piperazine rings is 1. The van der Waals surface area contributed by atoms with Crippen LogP contribution in [0.5, 0.6) is 0 Å². The highest BCUT2D eigenvalue weighted by Crippen LogP contribution is 2.27. The van der Waals surface area contributed by atoms with Crippen LogP contribution in [0.1, 0.15) is 0 Å². The van der Waals surface area contributed by atoms with Crippen molar-refractivity contribution in [3.8, 4) is 11.1 Å². The number of hydrogen-bond acceptors (Lipinski definition) is 6. The Bertz CT molecular complexity index is 909. The molecule has 2 heterocycles. The van der Waals surface area contributed by atoms with Gasteiger partial charge in [-0.2, -0.15) is 0 Å². The van der Waals surface area contributed by atoms with E-state index in [0.29, 0.717) is 30.3 Å². The van der Waals surface area contributed by atoms with Crippen LogP contribution in [-0.2, 0) is 0 Å². The van der Waals surface area contributed by atoms with Gasteiger partial charge in [0.25, 0.3) is 0 Å². The fraction of sp³-hybridized carbons (Fsp3) is 0.222. The lowest BCUT2D eigenvalue weighted by Gasteiger charge is -2.37. The lowest BCUT2D eigenvalue weighted by molar-refractivity contribution is 0.637. The first-order valence-electron chi connectivity index (χ1n) is 7.91. The van der Waals surface area contributed by atoms with Crippen LogP contribution in [0.2, 0.25) is 0 Å². The van der Waals surface area contributed by atoms with E-state index in [1.165, 1.54) is 0 Å². The molecule has 6 nitrogen and oxygen atoms in total. The van der Waals surface area contributed by atoms with E-state index in [1.807, 2.05) is 35.2 Å². The summed E-state index contributed by atoms with van der Waals surface area (Å²) in [5.41, 5.74) is 1.15. The summed E-state index contributed by atoms with van der Waals surface area (Å²) in [6.45, 7) is 2.78. The van der Waals surface area contributed by atoms with Crippen LogP contribution in [0.4, 0.5) is 11.6 Å². The molecule has 0 radical (unpaired) electrons. The maximum atomic E-state index is 12.1. The Kier molecular flexibility index (Phi) is 3.57. The minimum Gasteiger partial charge on any atom is -0.364 e. The molecule has 1 fully saturated rings. The third kappa shape index (κ3) is 2.36. The average Bonchev–Trinajstić information content (AvgIpc) is 2.67. The Morgan fingerprint density at radius 3 is 2.04 bits per heavy atom. The van der Waals surface area contributed by atoms with E-state index in [0.717, 1.165) is 18.7 Å². The lowest BCUT2D eigenvalue weighted by Crippen LogP contribution is -2.51. The number of hydrogen-bond donors (Lipinski definition) is 0. The Balaban J connectivity index is 1.56. The van der Waals surface area contributed by atoms with Gasteiger partial charge >= 0.3 is 0 Å². The third-order valence-corrected chi connectivity index (χ3v) is 4.38. The molecule has 120 valence electrons. The van der Waals surface area contributed by atoms with E-state index in [-0.39, 0.29) is 10.9 Å². The van der Waals surface area contributed by atoms with Crippen LogP contribution < -0.4 is 20.7 Å². The molecule has 1 aliphatic rings. The topological polar surface area (TPSA) is 66.4 Å². The second-order valence-electron chi connectivity index (χ2n) is 5.77. The quantitative estimate of drug-likeness (QED) is 0.673. The maximum absolute atomic E-state index is 12.1. The summed E-state index contributed by atoms with van der Waals surface area (Å²) in [7, 11) is 0. The SMILES string of the molecule is O=c1c(-c2ccccc2)c(N2CCN(c3ncccn3)CC2)c1=O. The highest BCUT2D eigenvalue weighted by atomic mass is 16.2. The van der Waals surface area contributed by atoms with Gasteiger partial charge in [0, 0.05) is 38.6 Å². The molecule has 0 spiro atoms. The maximum Gasteiger partial charge on any atom is 0.250 e. The summed E-state index contributed by atoms with van der Waals surface area (Å²) in [5.74, 6) is 0.699. The van der Waals surface area contributed by atoms with Crippen LogP contribution in [-0.4, -0.2) is 36.1 Å². The summed E-state index contributed by atoms with van der Waals surface area (Å²) in [6, 6.07) is 11.2. The zero-order valence-corrected chi connectivity index (χ0v) is 13.1. The van der Waals surface area contributed by atoms with Crippen molar-refractivity contribution in [2.24, 2.45) is 0 Å². The molecule has 2 aromatic carbocycles. The second kappa shape index (κ2) is 5.88. The van der Waals surface area contributed by atoms with Crippen LogP contribution in [0.3, 0.4) is 0 Å². The molecule has 24 heavy (non-hydrogen) atoms. The van der Waals surface area contributed by atoms with Crippen molar-refractivity contribution < 1.29 is 0 Å². The van der Waals surface area contributed by atoms with Crippen LogP contribution in [0.15, 0.2) is 58.4 Å². The molecular formula is C18H16N4O2. The van der Waals surface area contributed by atoms with Gasteiger partial charge in [-0.3, -0.25) is 9.59 Å². The molecule has 0 amide bonds. The normalized spacial score (nSPS) is 15.0. The van der Waals surface area contributed by atoms with Crippen molar-refractivity contribution in [2.75, 3.05) is 36.0 Å². The van der Waals surface area contributed by atoms with Crippen molar-refractivity contribution in [3.63, 3.8) is 0 Å². The molecule has 0 unspecified atom stereocenters. The Hall–Kier alpha value is -3.02. The molecule has 0 N–H and O–H groups in total. The largest absolute Gasteiger partial charge is 0.364 e. The highest BCUT2D eigenvalue weighted by Gasteiger charge is 2.29. The standard InChI is InChI=1S/C18H16N4O2/c23-16-14(13-5-2-1-3-6-13)15(17(16)24)21-9-11-22(12-10-21)18-19-7-4-8-20-18/h1-8H,9-12H2. The van der Waals surface area contributed by atoms with Gasteiger partial charge in [-0.05, 0) is 11.6 Å². The molecule has 3 aromatic rings. The predicted molar refractivity (Wildman–Crippen MR) is 93.2 cm³/mol. The molecule has 1 saturated heterocycles. The van der Waals surface area contributed by atoms with Gasteiger partial charge in [0.2, 0.25) is 16.8 Å². The molecule has 1 aromatic heterocycles. The third-order valence-electron chi connectivity index (χ3n) is 4.38. The van der Waals surface area contributed by atoms with Crippen molar-refractivity contribution in [1.82, 2.24) is 9.97 Å². The minimum atomic E-state index is -0.384. The Morgan fingerprint density at radius 2 is 1.38 bits per heavy atom. The van der Waals surface area contributed by atoms with Crippen molar-refractivity contribution in [3.05, 3.63) is 69.2 Å². The second-order valence-corrected chi connectivity index (χ2v) is 5.77. The molecule has 0 bridgehead atoms. The van der Waals surface area contributed by atoms with Crippen LogP contribution >= 0.6 is 0 Å². The van der Waals surface area contributed by atoms with Gasteiger partial charge in [-0.1, -0.05) is 30.3 Å². The first kappa shape index (κ1) is 14.6. The fourth-order valence-electron chi connectivity index (χ4n) is 3.14. The highest BCUT2D eigenvalue weighted by molar-refractivity contribution is 5.82. The molecular weight excluding hydrogens is 304 g/mol. The summed E-state index contributed by atoms with van der Waals surface area (Å²) in [5, 5.41) is 0. The summed E-state index contributed by atoms with van der Waals surface area (Å²) in [4.78, 5) is 36.8. The van der Waals surface area contributed by atoms with Gasteiger partial charge in [-0.15, -0.1) is 0 Å². The number of anilines is 2. The van der Waals surface area contributed by atoms with Crippen molar-refractivity contribution in [2.45, 2.75) is 0 Å². The van der Waals surface area contributed by atoms with E-state index in [1.54, 1.807) is 18.5 Å².